The second-order valence-corrected chi connectivity index (χ2v) is 8.89. The van der Waals surface area contributed by atoms with Crippen molar-refractivity contribution in [1.82, 2.24) is 34.6 Å². The molecular weight excluding hydrogens is 392 g/mol. The summed E-state index contributed by atoms with van der Waals surface area (Å²) in [6, 6.07) is 0.645. The number of fused-ring (bicyclic) bond motifs is 2. The maximum absolute atomic E-state index is 12.8. The molecule has 2 aromatic heterocycles. The molecule has 1 unspecified atom stereocenters. The predicted molar refractivity (Wildman–Crippen MR) is 119 cm³/mol. The third kappa shape index (κ3) is 5.15. The molecule has 9 nitrogen and oxygen atoms in total. The molecule has 168 valence electrons. The maximum Gasteiger partial charge on any atom is 0.317 e. The molecule has 1 aliphatic carbocycles. The number of likely N-dealkylation sites (tertiary alicyclic amines) is 1. The number of carbonyl (C=O) groups is 1. The van der Waals surface area contributed by atoms with E-state index < -0.39 is 0 Å². The smallest absolute Gasteiger partial charge is 0.317 e. The van der Waals surface area contributed by atoms with E-state index in [-0.39, 0.29) is 12.1 Å². The van der Waals surface area contributed by atoms with Gasteiger partial charge in [0.1, 0.15) is 0 Å². The first-order valence-electron chi connectivity index (χ1n) is 11.3. The fourth-order valence-electron chi connectivity index (χ4n) is 5.05. The average molecular weight is 427 g/mol. The molecule has 31 heavy (non-hydrogen) atoms. The van der Waals surface area contributed by atoms with Crippen LogP contribution in [0.1, 0.15) is 37.4 Å². The summed E-state index contributed by atoms with van der Waals surface area (Å²) in [6.07, 6.45) is 12.3. The van der Waals surface area contributed by atoms with Crippen molar-refractivity contribution in [2.75, 3.05) is 32.4 Å². The van der Waals surface area contributed by atoms with Gasteiger partial charge in [0.05, 0.1) is 6.33 Å². The molecule has 0 saturated carbocycles. The van der Waals surface area contributed by atoms with Gasteiger partial charge in [-0.05, 0) is 50.1 Å². The van der Waals surface area contributed by atoms with Crippen LogP contribution < -0.4 is 11.1 Å². The Morgan fingerprint density at radius 3 is 3.00 bits per heavy atom. The van der Waals surface area contributed by atoms with Crippen LogP contribution in [-0.4, -0.2) is 74.1 Å². The number of nitrogens with zero attached hydrogens (tertiary/aromatic N) is 6. The SMILES string of the molecule is CCCN1CC(NC(=O)N(C)CCCn2ccnc2)C[C@@H]2Cc3nc(N)ncc3C[C@H]21. The van der Waals surface area contributed by atoms with Crippen molar-refractivity contribution in [3.8, 4) is 0 Å². The predicted octanol–water partition coefficient (Wildman–Crippen LogP) is 1.55. The van der Waals surface area contributed by atoms with Crippen LogP contribution >= 0.6 is 0 Å². The Balaban J connectivity index is 1.35. The zero-order valence-corrected chi connectivity index (χ0v) is 18.6. The largest absolute Gasteiger partial charge is 0.368 e. The molecule has 0 bridgehead atoms. The number of rotatable bonds is 7. The maximum atomic E-state index is 12.8. The zero-order chi connectivity index (χ0) is 21.8. The Labute approximate surface area is 184 Å². The summed E-state index contributed by atoms with van der Waals surface area (Å²) in [5, 5.41) is 3.29. The number of anilines is 1. The number of imidazole rings is 1. The first kappa shape index (κ1) is 21.5. The number of hydrogen-bond acceptors (Lipinski definition) is 6. The summed E-state index contributed by atoms with van der Waals surface area (Å²) in [4.78, 5) is 29.9. The molecule has 1 fully saturated rings. The van der Waals surface area contributed by atoms with Crippen LogP contribution in [-0.2, 0) is 19.4 Å². The molecule has 3 heterocycles. The normalized spacial score (nSPS) is 23.1. The molecule has 0 aromatic carbocycles. The average Bonchev–Trinajstić information content (AvgIpc) is 3.26. The van der Waals surface area contributed by atoms with Gasteiger partial charge < -0.3 is 20.5 Å². The number of piperidine rings is 1. The van der Waals surface area contributed by atoms with Crippen LogP contribution in [0.25, 0.3) is 0 Å². The highest BCUT2D eigenvalue weighted by Crippen LogP contribution is 2.34. The van der Waals surface area contributed by atoms with Gasteiger partial charge in [0.25, 0.3) is 0 Å². The van der Waals surface area contributed by atoms with E-state index in [0.29, 0.717) is 24.5 Å². The van der Waals surface area contributed by atoms with Gasteiger partial charge in [0.2, 0.25) is 5.95 Å². The molecule has 9 heteroatoms. The fourth-order valence-corrected chi connectivity index (χ4v) is 5.05. The number of carbonyl (C=O) groups excluding carboxylic acids is 1. The number of hydrogen-bond donors (Lipinski definition) is 2. The first-order chi connectivity index (χ1) is 15.0. The lowest BCUT2D eigenvalue weighted by Crippen LogP contribution is -2.59. The van der Waals surface area contributed by atoms with E-state index >= 15 is 0 Å². The molecule has 0 spiro atoms. The summed E-state index contributed by atoms with van der Waals surface area (Å²) in [7, 11) is 1.87. The van der Waals surface area contributed by atoms with E-state index in [1.165, 1.54) is 5.56 Å². The lowest BCUT2D eigenvalue weighted by atomic mass is 9.76. The second-order valence-electron chi connectivity index (χ2n) is 8.89. The molecule has 2 aromatic rings. The third-order valence-electron chi connectivity index (χ3n) is 6.57. The van der Waals surface area contributed by atoms with Crippen LogP contribution in [0.4, 0.5) is 10.7 Å². The Morgan fingerprint density at radius 2 is 2.23 bits per heavy atom. The monoisotopic (exact) mass is 426 g/mol. The van der Waals surface area contributed by atoms with Crippen LogP contribution in [0.2, 0.25) is 0 Å². The minimum absolute atomic E-state index is 0.00769. The highest BCUT2D eigenvalue weighted by Gasteiger charge is 2.40. The van der Waals surface area contributed by atoms with E-state index in [2.05, 4.69) is 32.1 Å². The molecule has 0 radical (unpaired) electrons. The summed E-state index contributed by atoms with van der Waals surface area (Å²) in [6.45, 7) is 5.73. The van der Waals surface area contributed by atoms with Crippen molar-refractivity contribution < 1.29 is 4.79 Å². The number of nitrogens with two attached hydrogens (primary N) is 1. The highest BCUT2D eigenvalue weighted by molar-refractivity contribution is 5.74. The summed E-state index contributed by atoms with van der Waals surface area (Å²) >= 11 is 0. The number of nitrogen functional groups attached to an aromatic ring is 1. The number of aryl methyl sites for hydroxylation is 1. The second kappa shape index (κ2) is 9.64. The molecule has 1 saturated heterocycles. The number of urea groups is 1. The number of aromatic nitrogens is 4. The molecular formula is C22H34N8O. The van der Waals surface area contributed by atoms with Gasteiger partial charge in [-0.3, -0.25) is 4.90 Å². The van der Waals surface area contributed by atoms with E-state index in [9.17, 15) is 4.79 Å². The van der Waals surface area contributed by atoms with E-state index in [0.717, 1.165) is 57.4 Å². The van der Waals surface area contributed by atoms with Gasteiger partial charge in [-0.1, -0.05) is 6.92 Å². The van der Waals surface area contributed by atoms with Crippen LogP contribution in [0.15, 0.2) is 24.9 Å². The van der Waals surface area contributed by atoms with Crippen LogP contribution in [0.5, 0.6) is 0 Å². The minimum atomic E-state index is 0.00769. The van der Waals surface area contributed by atoms with Crippen LogP contribution in [0, 0.1) is 5.92 Å². The molecule has 3 N–H and O–H groups in total. The van der Waals surface area contributed by atoms with E-state index in [1.54, 1.807) is 11.1 Å². The van der Waals surface area contributed by atoms with Gasteiger partial charge in [-0.25, -0.2) is 19.7 Å². The highest BCUT2D eigenvalue weighted by atomic mass is 16.2. The Kier molecular flexibility index (Phi) is 6.70. The van der Waals surface area contributed by atoms with Gasteiger partial charge in [-0.2, -0.15) is 0 Å². The van der Waals surface area contributed by atoms with Crippen molar-refractivity contribution in [1.29, 1.82) is 0 Å². The molecule has 2 amide bonds. The van der Waals surface area contributed by atoms with Crippen molar-refractivity contribution in [3.05, 3.63) is 36.2 Å². The lowest BCUT2D eigenvalue weighted by molar-refractivity contribution is 0.0629. The number of amides is 2. The first-order valence-corrected chi connectivity index (χ1v) is 11.3. The Hall–Kier alpha value is -2.68. The lowest BCUT2D eigenvalue weighted by Gasteiger charge is -2.47. The number of nitrogens with one attached hydrogen (secondary N) is 1. The van der Waals surface area contributed by atoms with Gasteiger partial charge >= 0.3 is 6.03 Å². The van der Waals surface area contributed by atoms with Gasteiger partial charge in [0, 0.05) is 63.1 Å². The van der Waals surface area contributed by atoms with Crippen molar-refractivity contribution in [2.45, 2.75) is 57.7 Å². The van der Waals surface area contributed by atoms with Crippen molar-refractivity contribution >= 4 is 12.0 Å². The summed E-state index contributed by atoms with van der Waals surface area (Å²) in [5.41, 5.74) is 8.12. The fraction of sp³-hybridized carbons (Fsp3) is 0.636. The zero-order valence-electron chi connectivity index (χ0n) is 18.6. The van der Waals surface area contributed by atoms with Gasteiger partial charge in [0.15, 0.2) is 0 Å². The topological polar surface area (TPSA) is 105 Å². The molecule has 3 atom stereocenters. The van der Waals surface area contributed by atoms with Gasteiger partial charge in [-0.15, -0.1) is 0 Å². The van der Waals surface area contributed by atoms with E-state index in [1.807, 2.05) is 30.3 Å². The van der Waals surface area contributed by atoms with Crippen molar-refractivity contribution in [3.63, 3.8) is 0 Å². The van der Waals surface area contributed by atoms with Crippen LogP contribution in [0.3, 0.4) is 0 Å². The Morgan fingerprint density at radius 1 is 1.35 bits per heavy atom. The van der Waals surface area contributed by atoms with E-state index in [4.69, 9.17) is 5.73 Å². The summed E-state index contributed by atoms with van der Waals surface area (Å²) < 4.78 is 2.03. The molecule has 1 aliphatic heterocycles. The minimum Gasteiger partial charge on any atom is -0.368 e. The molecule has 2 aliphatic rings. The Bertz CT molecular complexity index is 870. The quantitative estimate of drug-likeness (QED) is 0.696. The third-order valence-corrected chi connectivity index (χ3v) is 6.57. The molecule has 4 rings (SSSR count). The summed E-state index contributed by atoms with van der Waals surface area (Å²) in [5.74, 6) is 0.819. The van der Waals surface area contributed by atoms with Crippen molar-refractivity contribution in [2.24, 2.45) is 5.92 Å². The standard InChI is InChI=1S/C22H34N8O/c1-3-6-30-14-18(26-22(31)28(2)7-4-8-29-9-5-24-15-29)10-16-11-19-17(12-20(16)30)13-25-21(23)27-19/h5,9,13,15-16,18,20H,3-4,6-8,10-12,14H2,1-2H3,(H,26,31)(H2,23,25,27)/t16-,18?,20-/m1/s1.